The standard InChI is InChI=1S/C16H21NO5/c1-2-20-16(19)6-5-15(18)17-8-7-12-3-4-13-14(11-12)22-10-9-21-13/h3-4,11H,2,5-10H2,1H3,(H,17,18). The molecule has 1 aromatic carbocycles. The molecule has 0 bridgehead atoms. The zero-order valence-electron chi connectivity index (χ0n) is 12.7. The highest BCUT2D eigenvalue weighted by Crippen LogP contribution is 2.30. The van der Waals surface area contributed by atoms with Crippen LogP contribution in [-0.2, 0) is 20.7 Å². The zero-order valence-corrected chi connectivity index (χ0v) is 12.7. The van der Waals surface area contributed by atoms with E-state index in [9.17, 15) is 9.59 Å². The van der Waals surface area contributed by atoms with Crippen molar-refractivity contribution in [3.05, 3.63) is 23.8 Å². The van der Waals surface area contributed by atoms with Crippen molar-refractivity contribution in [2.75, 3.05) is 26.4 Å². The lowest BCUT2D eigenvalue weighted by molar-refractivity contribution is -0.144. The molecule has 1 heterocycles. The number of ether oxygens (including phenoxy) is 3. The van der Waals surface area contributed by atoms with Crippen molar-refractivity contribution < 1.29 is 23.8 Å². The smallest absolute Gasteiger partial charge is 0.306 e. The Morgan fingerprint density at radius 2 is 1.95 bits per heavy atom. The summed E-state index contributed by atoms with van der Waals surface area (Å²) in [5.74, 6) is 1.01. The van der Waals surface area contributed by atoms with Crippen LogP contribution in [0.3, 0.4) is 0 Å². The number of amides is 1. The SMILES string of the molecule is CCOC(=O)CCC(=O)NCCc1ccc2c(c1)OCCO2. The van der Waals surface area contributed by atoms with E-state index in [1.54, 1.807) is 6.92 Å². The van der Waals surface area contributed by atoms with Gasteiger partial charge in [-0.05, 0) is 31.0 Å². The maximum atomic E-state index is 11.6. The van der Waals surface area contributed by atoms with Gasteiger partial charge >= 0.3 is 5.97 Å². The van der Waals surface area contributed by atoms with Gasteiger partial charge in [-0.1, -0.05) is 6.07 Å². The molecule has 2 rings (SSSR count). The van der Waals surface area contributed by atoms with Gasteiger partial charge < -0.3 is 19.5 Å². The summed E-state index contributed by atoms with van der Waals surface area (Å²) in [5.41, 5.74) is 1.06. The summed E-state index contributed by atoms with van der Waals surface area (Å²) in [4.78, 5) is 22.8. The van der Waals surface area contributed by atoms with E-state index in [4.69, 9.17) is 14.2 Å². The van der Waals surface area contributed by atoms with Crippen molar-refractivity contribution >= 4 is 11.9 Å². The maximum absolute atomic E-state index is 11.6. The molecule has 1 amide bonds. The fourth-order valence-electron chi connectivity index (χ4n) is 2.13. The molecule has 120 valence electrons. The molecule has 0 saturated heterocycles. The van der Waals surface area contributed by atoms with Crippen molar-refractivity contribution in [1.82, 2.24) is 5.32 Å². The number of hydrogen-bond acceptors (Lipinski definition) is 5. The molecule has 0 fully saturated rings. The fraction of sp³-hybridized carbons (Fsp3) is 0.500. The van der Waals surface area contributed by atoms with Crippen molar-refractivity contribution in [2.24, 2.45) is 0 Å². The van der Waals surface area contributed by atoms with Crippen LogP contribution < -0.4 is 14.8 Å². The van der Waals surface area contributed by atoms with Crippen molar-refractivity contribution in [3.63, 3.8) is 0 Å². The fourth-order valence-corrected chi connectivity index (χ4v) is 2.13. The number of nitrogens with one attached hydrogen (secondary N) is 1. The molecule has 0 aliphatic carbocycles. The van der Waals surface area contributed by atoms with E-state index >= 15 is 0 Å². The van der Waals surface area contributed by atoms with E-state index in [2.05, 4.69) is 5.32 Å². The van der Waals surface area contributed by atoms with Crippen LogP contribution in [0.1, 0.15) is 25.3 Å². The highest BCUT2D eigenvalue weighted by atomic mass is 16.6. The highest BCUT2D eigenvalue weighted by Gasteiger charge is 2.12. The van der Waals surface area contributed by atoms with E-state index in [0.29, 0.717) is 32.8 Å². The first-order valence-electron chi connectivity index (χ1n) is 7.50. The van der Waals surface area contributed by atoms with Crippen LogP contribution in [0, 0.1) is 0 Å². The van der Waals surface area contributed by atoms with Gasteiger partial charge in [-0.3, -0.25) is 9.59 Å². The number of carbonyl (C=O) groups is 2. The predicted molar refractivity (Wildman–Crippen MR) is 80.0 cm³/mol. The Morgan fingerprint density at radius 3 is 2.73 bits per heavy atom. The molecule has 1 aliphatic heterocycles. The highest BCUT2D eigenvalue weighted by molar-refractivity contribution is 5.81. The van der Waals surface area contributed by atoms with E-state index in [1.807, 2.05) is 18.2 Å². The lowest BCUT2D eigenvalue weighted by Crippen LogP contribution is -2.26. The third-order valence-electron chi connectivity index (χ3n) is 3.20. The Morgan fingerprint density at radius 1 is 1.18 bits per heavy atom. The van der Waals surface area contributed by atoms with Crippen LogP contribution in [0.25, 0.3) is 0 Å². The summed E-state index contributed by atoms with van der Waals surface area (Å²) in [6.07, 6.45) is 0.964. The zero-order chi connectivity index (χ0) is 15.8. The van der Waals surface area contributed by atoms with E-state index < -0.39 is 0 Å². The average Bonchev–Trinajstić information content (AvgIpc) is 2.53. The minimum Gasteiger partial charge on any atom is -0.486 e. The number of benzene rings is 1. The largest absolute Gasteiger partial charge is 0.486 e. The Kier molecular flexibility index (Phi) is 6.06. The third kappa shape index (κ3) is 4.95. The summed E-state index contributed by atoms with van der Waals surface area (Å²) in [6, 6.07) is 5.77. The summed E-state index contributed by atoms with van der Waals surface area (Å²) < 4.78 is 15.7. The molecule has 1 N–H and O–H groups in total. The van der Waals surface area contributed by atoms with Crippen molar-refractivity contribution in [1.29, 1.82) is 0 Å². The second kappa shape index (κ2) is 8.26. The summed E-state index contributed by atoms with van der Waals surface area (Å²) in [6.45, 7) is 3.72. The van der Waals surface area contributed by atoms with Crippen LogP contribution in [0.5, 0.6) is 11.5 Å². The van der Waals surface area contributed by atoms with Crippen LogP contribution in [-0.4, -0.2) is 38.2 Å². The van der Waals surface area contributed by atoms with Crippen molar-refractivity contribution in [3.8, 4) is 11.5 Å². The van der Waals surface area contributed by atoms with Crippen LogP contribution in [0.2, 0.25) is 0 Å². The third-order valence-corrected chi connectivity index (χ3v) is 3.20. The van der Waals surface area contributed by atoms with Gasteiger partial charge in [-0.25, -0.2) is 0 Å². The van der Waals surface area contributed by atoms with Gasteiger partial charge in [0.05, 0.1) is 13.0 Å². The molecule has 22 heavy (non-hydrogen) atoms. The lowest BCUT2D eigenvalue weighted by atomic mass is 10.1. The molecule has 1 aromatic rings. The van der Waals surface area contributed by atoms with Crippen LogP contribution in [0.15, 0.2) is 18.2 Å². The predicted octanol–water partition coefficient (Wildman–Crippen LogP) is 1.46. The van der Waals surface area contributed by atoms with Gasteiger partial charge in [0.1, 0.15) is 13.2 Å². The van der Waals surface area contributed by atoms with E-state index in [0.717, 1.165) is 17.1 Å². The first kappa shape index (κ1) is 16.1. The Balaban J connectivity index is 1.70. The molecule has 0 spiro atoms. The van der Waals surface area contributed by atoms with E-state index in [1.165, 1.54) is 0 Å². The van der Waals surface area contributed by atoms with Gasteiger partial charge in [0.25, 0.3) is 0 Å². The van der Waals surface area contributed by atoms with Gasteiger partial charge in [-0.15, -0.1) is 0 Å². The van der Waals surface area contributed by atoms with Gasteiger partial charge in [0, 0.05) is 13.0 Å². The molecule has 0 aromatic heterocycles. The molecule has 6 heteroatoms. The number of rotatable bonds is 7. The molecule has 0 atom stereocenters. The minimum absolute atomic E-state index is 0.115. The number of esters is 1. The molecular weight excluding hydrogens is 286 g/mol. The number of carbonyl (C=O) groups excluding carboxylic acids is 2. The molecular formula is C16H21NO5. The summed E-state index contributed by atoms with van der Waals surface area (Å²) in [7, 11) is 0. The van der Waals surface area contributed by atoms with Crippen LogP contribution in [0.4, 0.5) is 0 Å². The molecule has 1 aliphatic rings. The summed E-state index contributed by atoms with van der Waals surface area (Å²) in [5, 5.41) is 2.79. The Labute approximate surface area is 129 Å². The topological polar surface area (TPSA) is 73.9 Å². The second-order valence-electron chi connectivity index (χ2n) is 4.88. The molecule has 6 nitrogen and oxygen atoms in total. The Hall–Kier alpha value is -2.24. The quantitative estimate of drug-likeness (QED) is 0.772. The number of hydrogen-bond donors (Lipinski definition) is 1. The minimum atomic E-state index is -0.343. The first-order chi connectivity index (χ1) is 10.7. The summed E-state index contributed by atoms with van der Waals surface area (Å²) >= 11 is 0. The second-order valence-corrected chi connectivity index (χ2v) is 4.88. The maximum Gasteiger partial charge on any atom is 0.306 e. The molecule has 0 radical (unpaired) electrons. The monoisotopic (exact) mass is 307 g/mol. The number of fused-ring (bicyclic) bond motifs is 1. The van der Waals surface area contributed by atoms with Crippen LogP contribution >= 0.6 is 0 Å². The van der Waals surface area contributed by atoms with Gasteiger partial charge in [0.15, 0.2) is 11.5 Å². The first-order valence-corrected chi connectivity index (χ1v) is 7.50. The lowest BCUT2D eigenvalue weighted by Gasteiger charge is -2.18. The van der Waals surface area contributed by atoms with Crippen molar-refractivity contribution in [2.45, 2.75) is 26.2 Å². The normalized spacial score (nSPS) is 12.6. The average molecular weight is 307 g/mol. The Bertz CT molecular complexity index is 529. The van der Waals surface area contributed by atoms with Gasteiger partial charge in [-0.2, -0.15) is 0 Å². The molecule has 0 unspecified atom stereocenters. The van der Waals surface area contributed by atoms with E-state index in [-0.39, 0.29) is 24.7 Å². The molecule has 0 saturated carbocycles. The van der Waals surface area contributed by atoms with Gasteiger partial charge in [0.2, 0.25) is 5.91 Å².